The fourth-order valence-corrected chi connectivity index (χ4v) is 2.17. The first-order chi connectivity index (χ1) is 9.74. The van der Waals surface area contributed by atoms with Crippen molar-refractivity contribution in [2.24, 2.45) is 0 Å². The van der Waals surface area contributed by atoms with Crippen molar-refractivity contribution in [2.45, 2.75) is 45.4 Å². The molecule has 0 aliphatic rings. The van der Waals surface area contributed by atoms with E-state index in [9.17, 15) is 4.79 Å². The molecule has 0 bridgehead atoms. The van der Waals surface area contributed by atoms with E-state index < -0.39 is 0 Å². The Morgan fingerprint density at radius 1 is 1.10 bits per heavy atom. The number of carbonyl (C=O) groups is 1. The van der Waals surface area contributed by atoms with Gasteiger partial charge in [0.15, 0.2) is 0 Å². The number of carbonyl (C=O) groups excluding carboxylic acids is 1. The molecule has 3 nitrogen and oxygen atoms in total. The fraction of sp³-hybridized carbons (Fsp3) is 0.562. The van der Waals surface area contributed by atoms with Gasteiger partial charge < -0.3 is 10.6 Å². The van der Waals surface area contributed by atoms with Gasteiger partial charge in [-0.3, -0.25) is 4.79 Å². The number of para-hydroxylation sites is 1. The second kappa shape index (κ2) is 10.7. The fourth-order valence-electron chi connectivity index (χ4n) is 1.99. The van der Waals surface area contributed by atoms with Gasteiger partial charge in [-0.25, -0.2) is 0 Å². The van der Waals surface area contributed by atoms with Gasteiger partial charge in [0.1, 0.15) is 0 Å². The highest BCUT2D eigenvalue weighted by Crippen LogP contribution is 2.19. The Bertz CT molecular complexity index is 396. The van der Waals surface area contributed by atoms with Crippen LogP contribution in [-0.4, -0.2) is 19.0 Å². The zero-order valence-electron chi connectivity index (χ0n) is 12.3. The molecule has 20 heavy (non-hydrogen) atoms. The molecule has 0 atom stereocenters. The van der Waals surface area contributed by atoms with Gasteiger partial charge in [-0.1, -0.05) is 62.8 Å². The SMILES string of the molecule is CCCCCCCCNCC(=O)Nc1ccccc1Cl. The second-order valence-electron chi connectivity index (χ2n) is 4.97. The summed E-state index contributed by atoms with van der Waals surface area (Å²) in [6, 6.07) is 7.26. The Hall–Kier alpha value is -1.06. The summed E-state index contributed by atoms with van der Waals surface area (Å²) < 4.78 is 0. The molecule has 0 fully saturated rings. The first kappa shape index (κ1) is 17.0. The number of unbranched alkanes of at least 4 members (excludes halogenated alkanes) is 5. The molecule has 0 heterocycles. The predicted molar refractivity (Wildman–Crippen MR) is 86.3 cm³/mol. The summed E-state index contributed by atoms with van der Waals surface area (Å²) in [4.78, 5) is 11.7. The molecule has 1 amide bonds. The van der Waals surface area contributed by atoms with Crippen molar-refractivity contribution >= 4 is 23.2 Å². The third-order valence-electron chi connectivity index (χ3n) is 3.14. The van der Waals surface area contributed by atoms with Gasteiger partial charge in [-0.2, -0.15) is 0 Å². The summed E-state index contributed by atoms with van der Waals surface area (Å²) in [6.45, 7) is 3.45. The van der Waals surface area contributed by atoms with Gasteiger partial charge in [0, 0.05) is 0 Å². The summed E-state index contributed by atoms with van der Waals surface area (Å²) in [5.74, 6) is -0.0518. The molecule has 0 radical (unpaired) electrons. The minimum atomic E-state index is -0.0518. The highest BCUT2D eigenvalue weighted by molar-refractivity contribution is 6.33. The molecule has 1 aromatic rings. The van der Waals surface area contributed by atoms with Crippen LogP contribution in [0, 0.1) is 0 Å². The van der Waals surface area contributed by atoms with Crippen LogP contribution in [0.4, 0.5) is 5.69 Å². The van der Waals surface area contributed by atoms with E-state index in [1.807, 2.05) is 12.1 Å². The van der Waals surface area contributed by atoms with E-state index in [4.69, 9.17) is 11.6 Å². The highest BCUT2D eigenvalue weighted by Gasteiger charge is 2.04. The molecule has 0 saturated carbocycles. The highest BCUT2D eigenvalue weighted by atomic mass is 35.5. The first-order valence-electron chi connectivity index (χ1n) is 7.49. The average molecular weight is 297 g/mol. The molecular weight excluding hydrogens is 272 g/mol. The number of hydrogen-bond donors (Lipinski definition) is 2. The number of hydrogen-bond acceptors (Lipinski definition) is 2. The number of nitrogens with one attached hydrogen (secondary N) is 2. The van der Waals surface area contributed by atoms with Gasteiger partial charge in [-0.15, -0.1) is 0 Å². The van der Waals surface area contributed by atoms with Crippen molar-refractivity contribution in [3.63, 3.8) is 0 Å². The van der Waals surface area contributed by atoms with E-state index in [2.05, 4.69) is 17.6 Å². The number of halogens is 1. The Morgan fingerprint density at radius 2 is 1.80 bits per heavy atom. The first-order valence-corrected chi connectivity index (χ1v) is 7.87. The lowest BCUT2D eigenvalue weighted by Gasteiger charge is -2.08. The van der Waals surface area contributed by atoms with Crippen LogP contribution in [0.25, 0.3) is 0 Å². The number of benzene rings is 1. The maximum atomic E-state index is 11.7. The molecule has 2 N–H and O–H groups in total. The van der Waals surface area contributed by atoms with Crippen LogP contribution in [0.3, 0.4) is 0 Å². The van der Waals surface area contributed by atoms with E-state index in [0.29, 0.717) is 17.3 Å². The third kappa shape index (κ3) is 7.51. The van der Waals surface area contributed by atoms with Crippen molar-refractivity contribution in [3.8, 4) is 0 Å². The molecule has 0 saturated heterocycles. The Balaban J connectivity index is 2.05. The summed E-state index contributed by atoms with van der Waals surface area (Å²) in [6.07, 6.45) is 7.58. The van der Waals surface area contributed by atoms with Gasteiger partial charge in [0.2, 0.25) is 5.91 Å². The average Bonchev–Trinajstić information content (AvgIpc) is 2.44. The molecule has 0 aromatic heterocycles. The molecule has 0 spiro atoms. The van der Waals surface area contributed by atoms with Crippen molar-refractivity contribution < 1.29 is 4.79 Å². The number of rotatable bonds is 10. The third-order valence-corrected chi connectivity index (χ3v) is 3.47. The maximum Gasteiger partial charge on any atom is 0.238 e. The van der Waals surface area contributed by atoms with E-state index in [-0.39, 0.29) is 5.91 Å². The van der Waals surface area contributed by atoms with Crippen molar-refractivity contribution in [3.05, 3.63) is 29.3 Å². The molecule has 0 aliphatic carbocycles. The van der Waals surface area contributed by atoms with Crippen LogP contribution in [-0.2, 0) is 4.79 Å². The van der Waals surface area contributed by atoms with Crippen molar-refractivity contribution in [1.29, 1.82) is 0 Å². The van der Waals surface area contributed by atoms with Gasteiger partial charge in [0.25, 0.3) is 0 Å². The molecule has 4 heteroatoms. The van der Waals surface area contributed by atoms with Crippen LogP contribution >= 0.6 is 11.6 Å². The Labute approximate surface area is 127 Å². The quantitative estimate of drug-likeness (QED) is 0.634. The van der Waals surface area contributed by atoms with Crippen LogP contribution in [0.15, 0.2) is 24.3 Å². The minimum absolute atomic E-state index is 0.0518. The largest absolute Gasteiger partial charge is 0.324 e. The van der Waals surface area contributed by atoms with Gasteiger partial charge >= 0.3 is 0 Å². The van der Waals surface area contributed by atoms with E-state index in [1.165, 1.54) is 32.1 Å². The lowest BCUT2D eigenvalue weighted by Crippen LogP contribution is -2.28. The van der Waals surface area contributed by atoms with Crippen molar-refractivity contribution in [2.75, 3.05) is 18.4 Å². The lowest BCUT2D eigenvalue weighted by atomic mass is 10.1. The number of anilines is 1. The summed E-state index contributed by atoms with van der Waals surface area (Å²) in [5, 5.41) is 6.52. The Kier molecular flexibility index (Phi) is 9.09. The molecule has 1 aromatic carbocycles. The molecular formula is C16H25ClN2O. The molecule has 112 valence electrons. The van der Waals surface area contributed by atoms with Crippen LogP contribution in [0.1, 0.15) is 45.4 Å². The zero-order chi connectivity index (χ0) is 14.6. The smallest absolute Gasteiger partial charge is 0.238 e. The van der Waals surface area contributed by atoms with Gasteiger partial charge in [0.05, 0.1) is 17.3 Å². The summed E-state index contributed by atoms with van der Waals surface area (Å²) in [7, 11) is 0. The number of amides is 1. The standard InChI is InChI=1S/C16H25ClN2O/c1-2-3-4-5-6-9-12-18-13-16(20)19-15-11-8-7-10-14(15)17/h7-8,10-11,18H,2-6,9,12-13H2,1H3,(H,19,20). The summed E-state index contributed by atoms with van der Waals surface area (Å²) in [5.41, 5.74) is 0.667. The zero-order valence-corrected chi connectivity index (χ0v) is 13.0. The predicted octanol–water partition coefficient (Wildman–Crippen LogP) is 4.23. The maximum absolute atomic E-state index is 11.7. The van der Waals surface area contributed by atoms with Crippen LogP contribution in [0.5, 0.6) is 0 Å². The van der Waals surface area contributed by atoms with E-state index in [0.717, 1.165) is 13.0 Å². The minimum Gasteiger partial charge on any atom is -0.324 e. The Morgan fingerprint density at radius 3 is 2.55 bits per heavy atom. The summed E-state index contributed by atoms with van der Waals surface area (Å²) >= 11 is 5.98. The van der Waals surface area contributed by atoms with E-state index in [1.54, 1.807) is 12.1 Å². The van der Waals surface area contributed by atoms with E-state index >= 15 is 0 Å². The molecule has 1 rings (SSSR count). The van der Waals surface area contributed by atoms with Crippen LogP contribution < -0.4 is 10.6 Å². The normalized spacial score (nSPS) is 10.5. The lowest BCUT2D eigenvalue weighted by molar-refractivity contribution is -0.115. The molecule has 0 aliphatic heterocycles. The topological polar surface area (TPSA) is 41.1 Å². The van der Waals surface area contributed by atoms with Crippen LogP contribution in [0.2, 0.25) is 5.02 Å². The molecule has 0 unspecified atom stereocenters. The van der Waals surface area contributed by atoms with Gasteiger partial charge in [-0.05, 0) is 25.1 Å². The monoisotopic (exact) mass is 296 g/mol. The van der Waals surface area contributed by atoms with Crippen molar-refractivity contribution in [1.82, 2.24) is 5.32 Å². The second-order valence-corrected chi connectivity index (χ2v) is 5.38.